The molecule has 0 amide bonds. The summed E-state index contributed by atoms with van der Waals surface area (Å²) in [5.74, 6) is 0.285. The molecule has 0 aliphatic heterocycles. The minimum atomic E-state index is 0.111. The number of hydrogen-bond acceptors (Lipinski definition) is 3. The molecule has 4 heteroatoms. The van der Waals surface area contributed by atoms with Gasteiger partial charge in [-0.05, 0) is 13.5 Å². The number of aldehydes is 1. The standard InChI is InChI=1S/C8H12N2O2.C3H8/c1-4-7(5-11)8(9)10-6(2)12-3;1-3-2/h4-5H,2H2,1,3H3,(H2,9,10);3H2,1-2H3/b7-4-;. The van der Waals surface area contributed by atoms with Crippen molar-refractivity contribution in [2.45, 2.75) is 27.2 Å². The van der Waals surface area contributed by atoms with Gasteiger partial charge in [-0.15, -0.1) is 0 Å². The maximum Gasteiger partial charge on any atom is 0.207 e. The zero-order chi connectivity index (χ0) is 12.3. The van der Waals surface area contributed by atoms with E-state index in [0.29, 0.717) is 11.9 Å². The first-order valence-corrected chi connectivity index (χ1v) is 4.76. The molecule has 0 aromatic heterocycles. The monoisotopic (exact) mass is 212 g/mol. The Morgan fingerprint density at radius 3 is 2.27 bits per heavy atom. The molecule has 0 aliphatic carbocycles. The maximum atomic E-state index is 10.3. The summed E-state index contributed by atoms with van der Waals surface area (Å²) in [6.45, 7) is 9.38. The van der Waals surface area contributed by atoms with Gasteiger partial charge in [0.2, 0.25) is 5.88 Å². The summed E-state index contributed by atoms with van der Waals surface area (Å²) in [4.78, 5) is 14.1. The fourth-order valence-corrected chi connectivity index (χ4v) is 0.521. The van der Waals surface area contributed by atoms with Crippen LogP contribution in [-0.2, 0) is 9.53 Å². The smallest absolute Gasteiger partial charge is 0.207 e. The molecule has 0 aromatic carbocycles. The number of carbonyl (C=O) groups excluding carboxylic acids is 1. The number of hydrogen-bond donors (Lipinski definition) is 1. The normalized spacial score (nSPS) is 11.2. The molecule has 0 radical (unpaired) electrons. The van der Waals surface area contributed by atoms with Crippen LogP contribution in [0.3, 0.4) is 0 Å². The summed E-state index contributed by atoms with van der Waals surface area (Å²) >= 11 is 0. The van der Waals surface area contributed by atoms with Crippen LogP contribution >= 0.6 is 0 Å². The SMILES string of the molecule is C=C(/N=C(N)\C(C=O)=C/C)OC.CCC. The van der Waals surface area contributed by atoms with E-state index >= 15 is 0 Å². The largest absolute Gasteiger partial charge is 0.481 e. The third-order valence-corrected chi connectivity index (χ3v) is 1.21. The molecule has 0 atom stereocenters. The molecule has 0 spiro atoms. The molecule has 0 rings (SSSR count). The van der Waals surface area contributed by atoms with Crippen LogP contribution in [0.15, 0.2) is 29.1 Å². The minimum Gasteiger partial charge on any atom is -0.481 e. The fourth-order valence-electron chi connectivity index (χ4n) is 0.521. The van der Waals surface area contributed by atoms with Crippen LogP contribution in [0.25, 0.3) is 0 Å². The van der Waals surface area contributed by atoms with E-state index in [9.17, 15) is 4.79 Å². The molecule has 86 valence electrons. The second kappa shape index (κ2) is 10.5. The molecule has 0 fully saturated rings. The Bertz CT molecular complexity index is 255. The number of nitrogens with zero attached hydrogens (tertiary/aromatic N) is 1. The lowest BCUT2D eigenvalue weighted by molar-refractivity contribution is -0.104. The molecule has 0 aromatic rings. The number of ether oxygens (including phenoxy) is 1. The van der Waals surface area contributed by atoms with Crippen molar-refractivity contribution in [2.24, 2.45) is 10.7 Å². The van der Waals surface area contributed by atoms with Gasteiger partial charge >= 0.3 is 0 Å². The number of amidine groups is 1. The lowest BCUT2D eigenvalue weighted by Gasteiger charge is -1.99. The Labute approximate surface area is 91.5 Å². The maximum absolute atomic E-state index is 10.3. The van der Waals surface area contributed by atoms with E-state index in [-0.39, 0.29) is 11.7 Å². The zero-order valence-corrected chi connectivity index (χ0v) is 9.91. The number of allylic oxidation sites excluding steroid dienone is 1. The van der Waals surface area contributed by atoms with Crippen LogP contribution in [0.2, 0.25) is 0 Å². The van der Waals surface area contributed by atoms with Crippen molar-refractivity contribution >= 4 is 12.1 Å². The van der Waals surface area contributed by atoms with Gasteiger partial charge in [0, 0.05) is 0 Å². The molecule has 0 saturated heterocycles. The third kappa shape index (κ3) is 8.74. The summed E-state index contributed by atoms with van der Waals surface area (Å²) in [6.07, 6.45) is 3.44. The van der Waals surface area contributed by atoms with Crippen molar-refractivity contribution in [2.75, 3.05) is 7.11 Å². The van der Waals surface area contributed by atoms with Crippen molar-refractivity contribution in [3.63, 3.8) is 0 Å². The second-order valence-corrected chi connectivity index (χ2v) is 2.66. The molecule has 15 heavy (non-hydrogen) atoms. The number of nitrogens with two attached hydrogens (primary N) is 1. The van der Waals surface area contributed by atoms with Gasteiger partial charge in [0.05, 0.1) is 12.7 Å². The quantitative estimate of drug-likeness (QED) is 0.255. The molecule has 0 aliphatic rings. The number of aliphatic imine (C=N–C) groups is 1. The predicted molar refractivity (Wildman–Crippen MR) is 63.6 cm³/mol. The number of methoxy groups -OCH3 is 1. The topological polar surface area (TPSA) is 64.7 Å². The summed E-state index contributed by atoms with van der Waals surface area (Å²) in [5.41, 5.74) is 5.75. The molecule has 0 bridgehead atoms. The Morgan fingerprint density at radius 1 is 1.53 bits per heavy atom. The van der Waals surface area contributed by atoms with Gasteiger partial charge in [0.15, 0.2) is 6.29 Å². The molecular formula is C11H20N2O2. The highest BCUT2D eigenvalue weighted by Gasteiger charge is 1.99. The van der Waals surface area contributed by atoms with Crippen LogP contribution < -0.4 is 5.73 Å². The second-order valence-electron chi connectivity index (χ2n) is 2.66. The number of carbonyl (C=O) groups is 1. The summed E-state index contributed by atoms with van der Waals surface area (Å²) in [5, 5.41) is 0. The fraction of sp³-hybridized carbons (Fsp3) is 0.455. The van der Waals surface area contributed by atoms with E-state index in [2.05, 4.69) is 30.2 Å². The van der Waals surface area contributed by atoms with Crippen molar-refractivity contribution in [3.05, 3.63) is 24.1 Å². The lowest BCUT2D eigenvalue weighted by Crippen LogP contribution is -2.16. The van der Waals surface area contributed by atoms with Gasteiger partial charge in [-0.25, -0.2) is 0 Å². The Balaban J connectivity index is 0. The molecule has 0 saturated carbocycles. The van der Waals surface area contributed by atoms with Gasteiger partial charge in [-0.1, -0.05) is 26.3 Å². The van der Waals surface area contributed by atoms with Crippen molar-refractivity contribution in [1.29, 1.82) is 0 Å². The van der Waals surface area contributed by atoms with Gasteiger partial charge in [-0.2, -0.15) is 4.99 Å². The first kappa shape index (κ1) is 15.9. The van der Waals surface area contributed by atoms with Gasteiger partial charge < -0.3 is 10.5 Å². The van der Waals surface area contributed by atoms with E-state index in [1.165, 1.54) is 13.5 Å². The van der Waals surface area contributed by atoms with Crippen LogP contribution in [0, 0.1) is 0 Å². The lowest BCUT2D eigenvalue weighted by atomic mass is 10.2. The Hall–Kier alpha value is -1.58. The highest BCUT2D eigenvalue weighted by molar-refractivity contribution is 6.12. The Morgan fingerprint density at radius 2 is 2.00 bits per heavy atom. The molecule has 4 nitrogen and oxygen atoms in total. The summed E-state index contributed by atoms with van der Waals surface area (Å²) in [6, 6.07) is 0. The highest BCUT2D eigenvalue weighted by atomic mass is 16.5. The summed E-state index contributed by atoms with van der Waals surface area (Å²) < 4.78 is 4.65. The average molecular weight is 212 g/mol. The first-order valence-electron chi connectivity index (χ1n) is 4.76. The predicted octanol–water partition coefficient (Wildman–Crippen LogP) is 2.02. The van der Waals surface area contributed by atoms with E-state index in [0.717, 1.165) is 0 Å². The van der Waals surface area contributed by atoms with Crippen LogP contribution in [0.4, 0.5) is 0 Å². The van der Waals surface area contributed by atoms with E-state index in [4.69, 9.17) is 5.73 Å². The highest BCUT2D eigenvalue weighted by Crippen LogP contribution is 1.96. The van der Waals surface area contributed by atoms with Crippen molar-refractivity contribution in [1.82, 2.24) is 0 Å². The average Bonchev–Trinajstić information content (AvgIpc) is 2.20. The van der Waals surface area contributed by atoms with Gasteiger partial charge in [0.1, 0.15) is 5.84 Å². The van der Waals surface area contributed by atoms with E-state index < -0.39 is 0 Å². The molecule has 0 unspecified atom stereocenters. The first-order chi connectivity index (χ1) is 7.06. The van der Waals surface area contributed by atoms with E-state index in [1.807, 2.05) is 0 Å². The van der Waals surface area contributed by atoms with Gasteiger partial charge in [0.25, 0.3) is 0 Å². The molecule has 2 N–H and O–H groups in total. The number of rotatable bonds is 4. The third-order valence-electron chi connectivity index (χ3n) is 1.21. The Kier molecular flexibility index (Phi) is 11.1. The molecule has 0 heterocycles. The van der Waals surface area contributed by atoms with Crippen molar-refractivity contribution < 1.29 is 9.53 Å². The zero-order valence-electron chi connectivity index (χ0n) is 9.91. The molecular weight excluding hydrogens is 192 g/mol. The van der Waals surface area contributed by atoms with Crippen LogP contribution in [0.5, 0.6) is 0 Å². The minimum absolute atomic E-state index is 0.111. The van der Waals surface area contributed by atoms with Crippen LogP contribution in [-0.4, -0.2) is 19.2 Å². The van der Waals surface area contributed by atoms with Crippen molar-refractivity contribution in [3.8, 4) is 0 Å². The van der Waals surface area contributed by atoms with Gasteiger partial charge in [-0.3, -0.25) is 4.79 Å². The summed E-state index contributed by atoms with van der Waals surface area (Å²) in [7, 11) is 1.43. The van der Waals surface area contributed by atoms with Crippen LogP contribution in [0.1, 0.15) is 27.2 Å². The van der Waals surface area contributed by atoms with E-state index in [1.54, 1.807) is 13.0 Å².